The van der Waals surface area contributed by atoms with Crippen LogP contribution >= 0.6 is 0 Å². The van der Waals surface area contributed by atoms with Crippen LogP contribution in [0.5, 0.6) is 0 Å². The summed E-state index contributed by atoms with van der Waals surface area (Å²) in [6.45, 7) is 0. The minimum Gasteiger partial charge on any atom is -0.348 e. The number of hydrogen-bond acceptors (Lipinski definition) is 3. The van der Waals surface area contributed by atoms with Crippen molar-refractivity contribution in [3.05, 3.63) is 59.4 Å². The van der Waals surface area contributed by atoms with Gasteiger partial charge in [0.1, 0.15) is 23.0 Å². The van der Waals surface area contributed by atoms with Crippen molar-refractivity contribution in [1.82, 2.24) is 10.3 Å². The number of nitrogens with zero attached hydrogens (tertiary/aromatic N) is 1. The second-order valence-electron chi connectivity index (χ2n) is 6.65. The first-order valence-corrected chi connectivity index (χ1v) is 9.07. The summed E-state index contributed by atoms with van der Waals surface area (Å²) in [5, 5.41) is 5.31. The minimum absolute atomic E-state index is 0.0211. The number of benzene rings is 1. The molecule has 2 amide bonds. The van der Waals surface area contributed by atoms with E-state index in [4.69, 9.17) is 0 Å². The van der Waals surface area contributed by atoms with Gasteiger partial charge in [0.15, 0.2) is 0 Å². The van der Waals surface area contributed by atoms with Crippen LogP contribution < -0.4 is 10.6 Å². The lowest BCUT2D eigenvalue weighted by Crippen LogP contribution is -2.35. The van der Waals surface area contributed by atoms with Gasteiger partial charge < -0.3 is 10.6 Å². The SMILES string of the molecule is O=C(Nc1ccc(F)cc1F)c1cccc(C(=O)NC2CCCCCC2)n1. The number of nitrogens with one attached hydrogen (secondary N) is 2. The molecule has 1 aliphatic carbocycles. The zero-order valence-corrected chi connectivity index (χ0v) is 14.8. The molecule has 142 valence electrons. The number of rotatable bonds is 4. The monoisotopic (exact) mass is 373 g/mol. The van der Waals surface area contributed by atoms with E-state index >= 15 is 0 Å². The quantitative estimate of drug-likeness (QED) is 0.794. The van der Waals surface area contributed by atoms with E-state index in [1.54, 1.807) is 6.07 Å². The van der Waals surface area contributed by atoms with Gasteiger partial charge in [0.2, 0.25) is 0 Å². The Morgan fingerprint density at radius 3 is 2.26 bits per heavy atom. The van der Waals surface area contributed by atoms with Gasteiger partial charge in [-0.25, -0.2) is 13.8 Å². The van der Waals surface area contributed by atoms with Crippen LogP contribution in [0.1, 0.15) is 59.5 Å². The Bertz CT molecular complexity index is 834. The molecule has 2 aromatic rings. The van der Waals surface area contributed by atoms with Crippen molar-refractivity contribution < 1.29 is 18.4 Å². The van der Waals surface area contributed by atoms with E-state index < -0.39 is 17.5 Å². The number of amides is 2. The summed E-state index contributed by atoms with van der Waals surface area (Å²) in [4.78, 5) is 28.8. The largest absolute Gasteiger partial charge is 0.348 e. The summed E-state index contributed by atoms with van der Waals surface area (Å²) < 4.78 is 26.6. The molecule has 0 aliphatic heterocycles. The van der Waals surface area contributed by atoms with Crippen molar-refractivity contribution in [3.63, 3.8) is 0 Å². The Morgan fingerprint density at radius 1 is 0.926 bits per heavy atom. The van der Waals surface area contributed by atoms with Crippen LogP contribution in [-0.4, -0.2) is 22.8 Å². The van der Waals surface area contributed by atoms with Gasteiger partial charge in [0.05, 0.1) is 5.69 Å². The molecule has 1 heterocycles. The third-order valence-electron chi connectivity index (χ3n) is 4.58. The van der Waals surface area contributed by atoms with Crippen molar-refractivity contribution in [3.8, 4) is 0 Å². The van der Waals surface area contributed by atoms with Gasteiger partial charge in [-0.05, 0) is 37.1 Å². The number of carbonyl (C=O) groups excluding carboxylic acids is 2. The Labute approximate surface area is 156 Å². The Hall–Kier alpha value is -2.83. The molecule has 1 aromatic heterocycles. The highest BCUT2D eigenvalue weighted by Gasteiger charge is 2.18. The van der Waals surface area contributed by atoms with Crippen molar-refractivity contribution in [2.75, 3.05) is 5.32 Å². The number of carbonyl (C=O) groups is 2. The van der Waals surface area contributed by atoms with Gasteiger partial charge in [0.25, 0.3) is 11.8 Å². The summed E-state index contributed by atoms with van der Waals surface area (Å²) in [5.74, 6) is -2.62. The van der Waals surface area contributed by atoms with E-state index in [1.807, 2.05) is 0 Å². The molecule has 1 saturated carbocycles. The molecule has 0 radical (unpaired) electrons. The van der Waals surface area contributed by atoms with Crippen molar-refractivity contribution in [2.45, 2.75) is 44.6 Å². The lowest BCUT2D eigenvalue weighted by atomic mass is 10.1. The molecule has 2 N–H and O–H groups in total. The van der Waals surface area contributed by atoms with Crippen LogP contribution in [0, 0.1) is 11.6 Å². The second-order valence-corrected chi connectivity index (χ2v) is 6.65. The highest BCUT2D eigenvalue weighted by molar-refractivity contribution is 6.03. The summed E-state index contributed by atoms with van der Waals surface area (Å²) in [6.07, 6.45) is 6.42. The van der Waals surface area contributed by atoms with E-state index in [1.165, 1.54) is 25.0 Å². The molecular weight excluding hydrogens is 352 g/mol. The fourth-order valence-corrected chi connectivity index (χ4v) is 3.15. The van der Waals surface area contributed by atoms with Crippen molar-refractivity contribution in [2.24, 2.45) is 0 Å². The van der Waals surface area contributed by atoms with Gasteiger partial charge in [-0.15, -0.1) is 0 Å². The average Bonchev–Trinajstić information content (AvgIpc) is 2.92. The van der Waals surface area contributed by atoms with Gasteiger partial charge in [-0.1, -0.05) is 31.7 Å². The average molecular weight is 373 g/mol. The molecular formula is C20H21F2N3O2. The van der Waals surface area contributed by atoms with Crippen LogP contribution in [0.3, 0.4) is 0 Å². The fraction of sp³-hybridized carbons (Fsp3) is 0.350. The summed E-state index contributed by atoms with van der Waals surface area (Å²) in [6, 6.07) is 7.48. The molecule has 0 unspecified atom stereocenters. The van der Waals surface area contributed by atoms with E-state index in [9.17, 15) is 18.4 Å². The normalized spacial score (nSPS) is 15.0. The molecule has 1 fully saturated rings. The fourth-order valence-electron chi connectivity index (χ4n) is 3.15. The Morgan fingerprint density at radius 2 is 1.59 bits per heavy atom. The summed E-state index contributed by atoms with van der Waals surface area (Å²) >= 11 is 0. The lowest BCUT2D eigenvalue weighted by molar-refractivity contribution is 0.0928. The van der Waals surface area contributed by atoms with Crippen LogP contribution in [-0.2, 0) is 0 Å². The lowest BCUT2D eigenvalue weighted by Gasteiger charge is -2.16. The smallest absolute Gasteiger partial charge is 0.274 e. The second kappa shape index (κ2) is 8.70. The van der Waals surface area contributed by atoms with E-state index in [0.717, 1.165) is 37.8 Å². The summed E-state index contributed by atoms with van der Waals surface area (Å²) in [7, 11) is 0. The van der Waals surface area contributed by atoms with Crippen molar-refractivity contribution in [1.29, 1.82) is 0 Å². The maximum atomic E-state index is 13.7. The van der Waals surface area contributed by atoms with E-state index in [2.05, 4.69) is 15.6 Å². The maximum Gasteiger partial charge on any atom is 0.274 e. The zero-order valence-electron chi connectivity index (χ0n) is 14.8. The van der Waals surface area contributed by atoms with Gasteiger partial charge in [-0.2, -0.15) is 0 Å². The van der Waals surface area contributed by atoms with Crippen LogP contribution in [0.4, 0.5) is 14.5 Å². The van der Waals surface area contributed by atoms with Crippen LogP contribution in [0.15, 0.2) is 36.4 Å². The first-order chi connectivity index (χ1) is 13.0. The number of anilines is 1. The standard InChI is InChI=1S/C20H21F2N3O2/c21-13-10-11-16(15(22)12-13)25-20(27)18-9-5-8-17(24-18)19(26)23-14-6-3-1-2-4-7-14/h5,8-12,14H,1-4,6-7H2,(H,23,26)(H,25,27). The van der Waals surface area contributed by atoms with E-state index in [-0.39, 0.29) is 29.0 Å². The molecule has 1 aliphatic rings. The molecule has 0 spiro atoms. The predicted molar refractivity (Wildman–Crippen MR) is 97.5 cm³/mol. The Kier molecular flexibility index (Phi) is 6.11. The van der Waals surface area contributed by atoms with Crippen LogP contribution in [0.2, 0.25) is 0 Å². The molecule has 27 heavy (non-hydrogen) atoms. The summed E-state index contributed by atoms with van der Waals surface area (Å²) in [5.41, 5.74) is -0.0461. The maximum absolute atomic E-state index is 13.7. The van der Waals surface area contributed by atoms with Gasteiger partial charge >= 0.3 is 0 Å². The molecule has 1 aromatic carbocycles. The third-order valence-corrected chi connectivity index (χ3v) is 4.58. The van der Waals surface area contributed by atoms with Gasteiger partial charge in [-0.3, -0.25) is 9.59 Å². The molecule has 0 saturated heterocycles. The van der Waals surface area contributed by atoms with Crippen molar-refractivity contribution >= 4 is 17.5 Å². The number of pyridine rings is 1. The first kappa shape index (κ1) is 18.9. The predicted octanol–water partition coefficient (Wildman–Crippen LogP) is 4.06. The molecule has 0 atom stereocenters. The first-order valence-electron chi connectivity index (χ1n) is 9.07. The number of halogens is 2. The third kappa shape index (κ3) is 5.09. The molecule has 5 nitrogen and oxygen atoms in total. The Balaban J connectivity index is 1.68. The zero-order chi connectivity index (χ0) is 19.2. The highest BCUT2D eigenvalue weighted by Crippen LogP contribution is 2.18. The molecule has 0 bridgehead atoms. The van der Waals surface area contributed by atoms with Gasteiger partial charge in [0, 0.05) is 12.1 Å². The van der Waals surface area contributed by atoms with Crippen LogP contribution in [0.25, 0.3) is 0 Å². The highest BCUT2D eigenvalue weighted by atomic mass is 19.1. The van der Waals surface area contributed by atoms with E-state index in [0.29, 0.717) is 6.07 Å². The molecule has 7 heteroatoms. The number of hydrogen-bond donors (Lipinski definition) is 2. The minimum atomic E-state index is -0.884. The molecule has 3 rings (SSSR count). The topological polar surface area (TPSA) is 71.1 Å². The number of aromatic nitrogens is 1.